The summed E-state index contributed by atoms with van der Waals surface area (Å²) in [5.74, 6) is -0.264. The number of hydrogen-bond donors (Lipinski definition) is 1. The molecule has 1 aliphatic rings. The van der Waals surface area contributed by atoms with E-state index in [4.69, 9.17) is 5.73 Å². The number of rotatable bonds is 2. The lowest BCUT2D eigenvalue weighted by molar-refractivity contribution is -0.113. The number of benzene rings is 1. The average Bonchev–Trinajstić information content (AvgIpc) is 2.59. The minimum Gasteiger partial charge on any atom is -0.378 e. The van der Waals surface area contributed by atoms with Gasteiger partial charge >= 0.3 is 0 Å². The number of thioether (sulfide) groups is 1. The summed E-state index contributed by atoms with van der Waals surface area (Å²) in [6.07, 6.45) is 5.47. The molecule has 1 aromatic carbocycles. The smallest absolute Gasteiger partial charge is 0.286 e. The van der Waals surface area contributed by atoms with Crippen molar-refractivity contribution in [1.82, 2.24) is 0 Å². The van der Waals surface area contributed by atoms with Crippen LogP contribution in [0.3, 0.4) is 0 Å². The molecule has 1 aliphatic heterocycles. The van der Waals surface area contributed by atoms with E-state index in [-0.39, 0.29) is 5.91 Å². The molecule has 0 radical (unpaired) electrons. The van der Waals surface area contributed by atoms with E-state index in [0.29, 0.717) is 10.1 Å². The second kappa shape index (κ2) is 4.81. The van der Waals surface area contributed by atoms with Crippen LogP contribution in [0.1, 0.15) is 5.56 Å². The Kier molecular flexibility index (Phi) is 3.22. The molecular weight excluding hydrogens is 220 g/mol. The van der Waals surface area contributed by atoms with E-state index in [0.717, 1.165) is 5.56 Å². The second-order valence-corrected chi connectivity index (χ2v) is 4.22. The van der Waals surface area contributed by atoms with Gasteiger partial charge in [-0.2, -0.15) is 4.99 Å². The van der Waals surface area contributed by atoms with Gasteiger partial charge in [-0.05, 0) is 23.4 Å². The van der Waals surface area contributed by atoms with Gasteiger partial charge in [-0.15, -0.1) is 0 Å². The van der Waals surface area contributed by atoms with Gasteiger partial charge in [0.25, 0.3) is 5.91 Å². The zero-order chi connectivity index (χ0) is 11.4. The lowest BCUT2D eigenvalue weighted by atomic mass is 10.2. The van der Waals surface area contributed by atoms with Crippen molar-refractivity contribution in [2.75, 3.05) is 0 Å². The number of carbonyl (C=O) groups excluding carboxylic acids is 1. The van der Waals surface area contributed by atoms with Gasteiger partial charge in [0.1, 0.15) is 0 Å². The molecule has 2 rings (SSSR count). The Morgan fingerprint density at radius 2 is 2.00 bits per heavy atom. The van der Waals surface area contributed by atoms with Crippen LogP contribution in [0.15, 0.2) is 52.4 Å². The van der Waals surface area contributed by atoms with Crippen LogP contribution in [-0.2, 0) is 4.79 Å². The van der Waals surface area contributed by atoms with Gasteiger partial charge in [0.05, 0.1) is 4.91 Å². The van der Waals surface area contributed by atoms with Crippen LogP contribution < -0.4 is 5.73 Å². The van der Waals surface area contributed by atoms with Crippen molar-refractivity contribution in [1.29, 1.82) is 0 Å². The predicted octanol–water partition coefficient (Wildman–Crippen LogP) is 2.17. The normalized spacial score (nSPS) is 18.4. The predicted molar refractivity (Wildman–Crippen MR) is 67.8 cm³/mol. The first-order chi connectivity index (χ1) is 7.75. The molecule has 4 heteroatoms. The topological polar surface area (TPSA) is 55.4 Å². The van der Waals surface area contributed by atoms with Gasteiger partial charge in [-0.3, -0.25) is 4.79 Å². The summed E-state index contributed by atoms with van der Waals surface area (Å²) in [5, 5.41) is 0.310. The fourth-order valence-electron chi connectivity index (χ4n) is 1.25. The summed E-state index contributed by atoms with van der Waals surface area (Å²) in [6.45, 7) is 0. The maximum absolute atomic E-state index is 11.2. The molecule has 3 nitrogen and oxygen atoms in total. The number of amidine groups is 1. The molecule has 80 valence electrons. The summed E-state index contributed by atoms with van der Waals surface area (Å²) in [4.78, 5) is 15.4. The highest BCUT2D eigenvalue weighted by Crippen LogP contribution is 2.23. The minimum absolute atomic E-state index is 0.264. The van der Waals surface area contributed by atoms with Crippen LogP contribution >= 0.6 is 11.8 Å². The fourth-order valence-corrected chi connectivity index (χ4v) is 1.88. The van der Waals surface area contributed by atoms with Gasteiger partial charge in [0.15, 0.2) is 5.17 Å². The summed E-state index contributed by atoms with van der Waals surface area (Å²) >= 11 is 1.20. The van der Waals surface area contributed by atoms with Gasteiger partial charge in [-0.25, -0.2) is 0 Å². The monoisotopic (exact) mass is 230 g/mol. The second-order valence-electron chi connectivity index (χ2n) is 3.16. The fraction of sp³-hybridized carbons (Fsp3) is 0. The van der Waals surface area contributed by atoms with Crippen molar-refractivity contribution in [3.05, 3.63) is 53.0 Å². The number of allylic oxidation sites excluding steroid dienone is 2. The number of nitrogens with two attached hydrogens (primary N) is 1. The van der Waals surface area contributed by atoms with Gasteiger partial charge in [-0.1, -0.05) is 42.5 Å². The zero-order valence-electron chi connectivity index (χ0n) is 8.46. The lowest BCUT2D eigenvalue weighted by Gasteiger charge is -1.90. The van der Waals surface area contributed by atoms with E-state index < -0.39 is 0 Å². The number of nitrogens with zero attached hydrogens (tertiary/aromatic N) is 1. The Morgan fingerprint density at radius 1 is 1.25 bits per heavy atom. The first kappa shape index (κ1) is 10.7. The molecule has 2 N–H and O–H groups in total. The molecule has 0 fully saturated rings. The first-order valence-corrected chi connectivity index (χ1v) is 5.57. The Bertz CT molecular complexity index is 489. The first-order valence-electron chi connectivity index (χ1n) is 4.75. The Balaban J connectivity index is 2.06. The SMILES string of the molecule is NC1=NC(=O)/C(=C/C=C/c2ccccc2)S1. The molecule has 0 unspecified atom stereocenters. The molecule has 0 atom stereocenters. The van der Waals surface area contributed by atoms with Crippen LogP contribution in [0.25, 0.3) is 6.08 Å². The molecular formula is C12H10N2OS. The quantitative estimate of drug-likeness (QED) is 0.792. The van der Waals surface area contributed by atoms with Crippen LogP contribution in [-0.4, -0.2) is 11.1 Å². The van der Waals surface area contributed by atoms with E-state index >= 15 is 0 Å². The molecule has 16 heavy (non-hydrogen) atoms. The number of aliphatic imine (C=N–C) groups is 1. The molecule has 0 aromatic heterocycles. The van der Waals surface area contributed by atoms with Crippen molar-refractivity contribution >= 4 is 28.9 Å². The zero-order valence-corrected chi connectivity index (χ0v) is 9.28. The van der Waals surface area contributed by atoms with Gasteiger partial charge in [0, 0.05) is 0 Å². The number of hydrogen-bond acceptors (Lipinski definition) is 3. The summed E-state index contributed by atoms with van der Waals surface area (Å²) in [5.41, 5.74) is 6.51. The standard InChI is InChI=1S/C12H10N2OS/c13-12-14-11(15)10(16-12)8-4-7-9-5-2-1-3-6-9/h1-8H,(H2,13,14,15)/b7-4+,10-8-. The summed E-state index contributed by atoms with van der Waals surface area (Å²) in [6, 6.07) is 9.86. The van der Waals surface area contributed by atoms with Crippen molar-refractivity contribution in [3.8, 4) is 0 Å². The highest BCUT2D eigenvalue weighted by atomic mass is 32.2. The third-order valence-electron chi connectivity index (χ3n) is 1.97. The highest BCUT2D eigenvalue weighted by molar-refractivity contribution is 8.18. The Labute approximate surface area is 97.8 Å². The molecule has 0 saturated carbocycles. The van der Waals surface area contributed by atoms with Gasteiger partial charge < -0.3 is 5.73 Å². The van der Waals surface area contributed by atoms with Crippen LogP contribution in [0.2, 0.25) is 0 Å². The summed E-state index contributed by atoms with van der Waals surface area (Å²) in [7, 11) is 0. The minimum atomic E-state index is -0.264. The molecule has 1 heterocycles. The molecule has 1 amide bonds. The van der Waals surface area contributed by atoms with E-state index in [1.165, 1.54) is 11.8 Å². The van der Waals surface area contributed by atoms with E-state index in [2.05, 4.69) is 4.99 Å². The third-order valence-corrected chi connectivity index (χ3v) is 2.80. The number of carbonyl (C=O) groups is 1. The van der Waals surface area contributed by atoms with Gasteiger partial charge in [0.2, 0.25) is 0 Å². The lowest BCUT2D eigenvalue weighted by Crippen LogP contribution is -2.01. The molecule has 0 spiro atoms. The average molecular weight is 230 g/mol. The van der Waals surface area contributed by atoms with Crippen molar-refractivity contribution in [3.63, 3.8) is 0 Å². The largest absolute Gasteiger partial charge is 0.378 e. The van der Waals surface area contributed by atoms with Crippen molar-refractivity contribution < 1.29 is 4.79 Å². The highest BCUT2D eigenvalue weighted by Gasteiger charge is 2.18. The van der Waals surface area contributed by atoms with Crippen LogP contribution in [0, 0.1) is 0 Å². The third kappa shape index (κ3) is 2.61. The van der Waals surface area contributed by atoms with Crippen molar-refractivity contribution in [2.24, 2.45) is 10.7 Å². The Hall–Kier alpha value is -1.81. The van der Waals surface area contributed by atoms with Crippen molar-refractivity contribution in [2.45, 2.75) is 0 Å². The molecule has 0 bridgehead atoms. The molecule has 0 saturated heterocycles. The Morgan fingerprint density at radius 3 is 2.62 bits per heavy atom. The van der Waals surface area contributed by atoms with E-state index in [9.17, 15) is 4.79 Å². The molecule has 0 aliphatic carbocycles. The maximum Gasteiger partial charge on any atom is 0.286 e. The van der Waals surface area contributed by atoms with E-state index in [1.54, 1.807) is 6.08 Å². The van der Waals surface area contributed by atoms with E-state index in [1.807, 2.05) is 42.5 Å². The number of amides is 1. The van der Waals surface area contributed by atoms with Crippen LogP contribution in [0.5, 0.6) is 0 Å². The maximum atomic E-state index is 11.2. The summed E-state index contributed by atoms with van der Waals surface area (Å²) < 4.78 is 0. The molecule has 1 aromatic rings. The van der Waals surface area contributed by atoms with Crippen LogP contribution in [0.4, 0.5) is 0 Å².